The number of hydrogen-bond acceptors (Lipinski definition) is 4. The van der Waals surface area contributed by atoms with E-state index < -0.39 is 0 Å². The quantitative estimate of drug-likeness (QED) is 0.516. The number of nitrogens with zero attached hydrogens (tertiary/aromatic N) is 4. The molecular formula is C20H29N7O. The number of rotatable bonds is 6. The van der Waals surface area contributed by atoms with Gasteiger partial charge in [0.05, 0.1) is 6.54 Å². The Labute approximate surface area is 165 Å². The van der Waals surface area contributed by atoms with Crippen LogP contribution >= 0.6 is 0 Å². The zero-order valence-corrected chi connectivity index (χ0v) is 16.7. The van der Waals surface area contributed by atoms with Crippen LogP contribution in [0.5, 0.6) is 0 Å². The Morgan fingerprint density at radius 2 is 2.11 bits per heavy atom. The lowest BCUT2D eigenvalue weighted by molar-refractivity contribution is 0.0963. The van der Waals surface area contributed by atoms with E-state index in [4.69, 9.17) is 0 Å². The second-order valence-electron chi connectivity index (χ2n) is 6.88. The monoisotopic (exact) mass is 383 g/mol. The molecule has 1 aliphatic rings. The molecule has 0 aliphatic carbocycles. The van der Waals surface area contributed by atoms with Crippen molar-refractivity contribution in [2.75, 3.05) is 20.6 Å². The summed E-state index contributed by atoms with van der Waals surface area (Å²) in [6, 6.07) is 7.67. The molecule has 1 aliphatic heterocycles. The van der Waals surface area contributed by atoms with Gasteiger partial charge in [0.1, 0.15) is 5.82 Å². The van der Waals surface area contributed by atoms with Gasteiger partial charge in [-0.25, -0.2) is 0 Å². The topological polar surface area (TPSA) is 96.2 Å². The van der Waals surface area contributed by atoms with Crippen molar-refractivity contribution < 1.29 is 4.79 Å². The van der Waals surface area contributed by atoms with E-state index in [0.717, 1.165) is 49.1 Å². The molecular weight excluding hydrogens is 354 g/mol. The lowest BCUT2D eigenvalue weighted by Crippen LogP contribution is -2.38. The number of aromatic nitrogens is 3. The van der Waals surface area contributed by atoms with Crippen molar-refractivity contribution in [2.24, 2.45) is 4.99 Å². The van der Waals surface area contributed by atoms with Crippen molar-refractivity contribution in [1.82, 2.24) is 30.7 Å². The zero-order chi connectivity index (χ0) is 19.8. The van der Waals surface area contributed by atoms with E-state index in [1.54, 1.807) is 14.1 Å². The Morgan fingerprint density at radius 1 is 1.21 bits per heavy atom. The lowest BCUT2D eigenvalue weighted by atomic mass is 10.1. The first kappa shape index (κ1) is 19.9. The molecule has 150 valence electrons. The molecule has 0 saturated carbocycles. The summed E-state index contributed by atoms with van der Waals surface area (Å²) >= 11 is 0. The van der Waals surface area contributed by atoms with Crippen molar-refractivity contribution in [3.05, 3.63) is 47.0 Å². The van der Waals surface area contributed by atoms with E-state index in [0.29, 0.717) is 12.1 Å². The molecule has 0 radical (unpaired) electrons. The maximum Gasteiger partial charge on any atom is 0.251 e. The molecule has 3 rings (SSSR count). The first-order valence-corrected chi connectivity index (χ1v) is 9.87. The maximum absolute atomic E-state index is 11.7. The second kappa shape index (κ2) is 9.87. The highest BCUT2D eigenvalue weighted by Gasteiger charge is 2.14. The molecule has 1 aromatic carbocycles. The normalized spacial score (nSPS) is 14.1. The third kappa shape index (κ3) is 5.09. The van der Waals surface area contributed by atoms with Crippen molar-refractivity contribution in [3.63, 3.8) is 0 Å². The summed E-state index contributed by atoms with van der Waals surface area (Å²) in [6.07, 6.45) is 5.43. The van der Waals surface area contributed by atoms with E-state index >= 15 is 0 Å². The number of aryl methyl sites for hydroxylation is 1. The highest BCUT2D eigenvalue weighted by molar-refractivity contribution is 5.94. The van der Waals surface area contributed by atoms with Gasteiger partial charge in [-0.15, -0.1) is 10.2 Å². The van der Waals surface area contributed by atoms with Gasteiger partial charge in [0, 0.05) is 39.2 Å². The Hall–Kier alpha value is -2.90. The fourth-order valence-corrected chi connectivity index (χ4v) is 3.40. The molecule has 8 nitrogen and oxygen atoms in total. The predicted molar refractivity (Wildman–Crippen MR) is 109 cm³/mol. The average molecular weight is 384 g/mol. The van der Waals surface area contributed by atoms with Gasteiger partial charge in [0.2, 0.25) is 0 Å². The first-order valence-electron chi connectivity index (χ1n) is 9.87. The van der Waals surface area contributed by atoms with Gasteiger partial charge in [-0.05, 0) is 37.0 Å². The van der Waals surface area contributed by atoms with E-state index in [2.05, 4.69) is 35.7 Å². The molecule has 0 unspecified atom stereocenters. The second-order valence-corrected chi connectivity index (χ2v) is 6.88. The summed E-state index contributed by atoms with van der Waals surface area (Å²) in [6.45, 7) is 2.31. The number of carbonyl (C=O) groups is 1. The molecule has 0 saturated heterocycles. The standard InChI is InChI=1S/C20H29N7O/c1-21-19(28)16-8-6-7-15(13-16)10-11-23-20(22-2)24-14-18-26-25-17-9-4-3-5-12-27(17)18/h6-8,13H,3-5,9-12,14H2,1-2H3,(H,21,28)(H2,22,23,24). The minimum absolute atomic E-state index is 0.0697. The van der Waals surface area contributed by atoms with Crippen LogP contribution < -0.4 is 16.0 Å². The van der Waals surface area contributed by atoms with Gasteiger partial charge in [0.25, 0.3) is 5.91 Å². The van der Waals surface area contributed by atoms with Crippen molar-refractivity contribution in [1.29, 1.82) is 0 Å². The number of guanidine groups is 1. The SMILES string of the molecule is CN=C(NCCc1cccc(C(=O)NC)c1)NCc1nnc2n1CCCCC2. The van der Waals surface area contributed by atoms with Crippen molar-refractivity contribution >= 4 is 11.9 Å². The number of hydrogen-bond donors (Lipinski definition) is 3. The van der Waals surface area contributed by atoms with Crippen LogP contribution in [0.15, 0.2) is 29.3 Å². The van der Waals surface area contributed by atoms with Gasteiger partial charge in [0.15, 0.2) is 11.8 Å². The predicted octanol–water partition coefficient (Wildman–Crippen LogP) is 1.27. The van der Waals surface area contributed by atoms with E-state index in [1.807, 2.05) is 24.3 Å². The molecule has 0 atom stereocenters. The van der Waals surface area contributed by atoms with Crippen molar-refractivity contribution in [2.45, 2.75) is 45.2 Å². The number of carbonyl (C=O) groups excluding carboxylic acids is 1. The van der Waals surface area contributed by atoms with Gasteiger partial charge >= 0.3 is 0 Å². The summed E-state index contributed by atoms with van der Waals surface area (Å²) in [5.41, 5.74) is 1.78. The molecule has 0 fully saturated rings. The summed E-state index contributed by atoms with van der Waals surface area (Å²) < 4.78 is 2.23. The third-order valence-electron chi connectivity index (χ3n) is 4.95. The molecule has 2 aromatic rings. The van der Waals surface area contributed by atoms with Crippen LogP contribution in [-0.2, 0) is 25.9 Å². The summed E-state index contributed by atoms with van der Waals surface area (Å²) in [7, 11) is 3.40. The maximum atomic E-state index is 11.7. The minimum Gasteiger partial charge on any atom is -0.356 e. The smallest absolute Gasteiger partial charge is 0.251 e. The highest BCUT2D eigenvalue weighted by atomic mass is 16.1. The average Bonchev–Trinajstić information content (AvgIpc) is 2.96. The third-order valence-corrected chi connectivity index (χ3v) is 4.95. The molecule has 1 aromatic heterocycles. The molecule has 1 amide bonds. The molecule has 8 heteroatoms. The molecule has 28 heavy (non-hydrogen) atoms. The Morgan fingerprint density at radius 3 is 2.93 bits per heavy atom. The number of nitrogens with one attached hydrogen (secondary N) is 3. The minimum atomic E-state index is -0.0697. The van der Waals surface area contributed by atoms with Crippen LogP contribution in [0.4, 0.5) is 0 Å². The summed E-state index contributed by atoms with van der Waals surface area (Å²) in [5.74, 6) is 2.71. The molecule has 0 bridgehead atoms. The summed E-state index contributed by atoms with van der Waals surface area (Å²) in [5, 5.41) is 18.0. The number of amides is 1. The van der Waals surface area contributed by atoms with Crippen LogP contribution in [0.1, 0.15) is 46.8 Å². The van der Waals surface area contributed by atoms with Crippen LogP contribution in [-0.4, -0.2) is 47.3 Å². The zero-order valence-electron chi connectivity index (χ0n) is 16.7. The molecule has 2 heterocycles. The first-order chi connectivity index (χ1) is 13.7. The summed E-state index contributed by atoms with van der Waals surface area (Å²) in [4.78, 5) is 16.0. The molecule has 3 N–H and O–H groups in total. The van der Waals surface area contributed by atoms with E-state index in [1.165, 1.54) is 19.3 Å². The number of fused-ring (bicyclic) bond motifs is 1. The van der Waals surface area contributed by atoms with Crippen LogP contribution in [0.2, 0.25) is 0 Å². The highest BCUT2D eigenvalue weighted by Crippen LogP contribution is 2.14. The van der Waals surface area contributed by atoms with Gasteiger partial charge < -0.3 is 20.5 Å². The Balaban J connectivity index is 1.49. The number of benzene rings is 1. The van der Waals surface area contributed by atoms with Crippen LogP contribution in [0, 0.1) is 0 Å². The van der Waals surface area contributed by atoms with Crippen LogP contribution in [0.25, 0.3) is 0 Å². The lowest BCUT2D eigenvalue weighted by Gasteiger charge is -2.13. The fourth-order valence-electron chi connectivity index (χ4n) is 3.40. The fraction of sp³-hybridized carbons (Fsp3) is 0.500. The Kier molecular flexibility index (Phi) is 7.00. The van der Waals surface area contributed by atoms with Crippen LogP contribution in [0.3, 0.4) is 0 Å². The molecule has 0 spiro atoms. The van der Waals surface area contributed by atoms with E-state index in [9.17, 15) is 4.79 Å². The van der Waals surface area contributed by atoms with Gasteiger partial charge in [-0.2, -0.15) is 0 Å². The Bertz CT molecular complexity index is 828. The van der Waals surface area contributed by atoms with E-state index in [-0.39, 0.29) is 5.91 Å². The van der Waals surface area contributed by atoms with Crippen molar-refractivity contribution in [3.8, 4) is 0 Å². The largest absolute Gasteiger partial charge is 0.356 e. The van der Waals surface area contributed by atoms with Gasteiger partial charge in [-0.1, -0.05) is 18.6 Å². The number of aliphatic imine (C=N–C) groups is 1. The van der Waals surface area contributed by atoms with Gasteiger partial charge in [-0.3, -0.25) is 9.79 Å².